The predicted octanol–water partition coefficient (Wildman–Crippen LogP) is 1.95. The standard InChI is InChI=1S/C15H22N2O3.ClH/c1-16-11-6-8-17(9-7-11)15(18)13-10-12(19-2)4-5-14(13)20-3;/h4-5,10-11,16H,6-9H2,1-3H3;1H. The molecule has 1 aliphatic heterocycles. The minimum Gasteiger partial charge on any atom is -0.497 e. The predicted molar refractivity (Wildman–Crippen MR) is 84.8 cm³/mol. The molecule has 1 aromatic rings. The van der Waals surface area contributed by atoms with Gasteiger partial charge in [0.05, 0.1) is 19.8 Å². The highest BCUT2D eigenvalue weighted by Gasteiger charge is 2.25. The lowest BCUT2D eigenvalue weighted by atomic mass is 10.0. The van der Waals surface area contributed by atoms with Crippen molar-refractivity contribution in [2.45, 2.75) is 18.9 Å². The molecule has 1 fully saturated rings. The summed E-state index contributed by atoms with van der Waals surface area (Å²) in [5, 5.41) is 3.26. The van der Waals surface area contributed by atoms with Crippen molar-refractivity contribution in [2.24, 2.45) is 0 Å². The van der Waals surface area contributed by atoms with Crippen LogP contribution in [0.4, 0.5) is 0 Å². The van der Waals surface area contributed by atoms with Gasteiger partial charge >= 0.3 is 0 Å². The van der Waals surface area contributed by atoms with Crippen LogP contribution in [0.25, 0.3) is 0 Å². The average Bonchev–Trinajstić information content (AvgIpc) is 2.53. The summed E-state index contributed by atoms with van der Waals surface area (Å²) < 4.78 is 10.5. The Morgan fingerprint density at radius 3 is 2.43 bits per heavy atom. The summed E-state index contributed by atoms with van der Waals surface area (Å²) in [7, 11) is 5.13. The lowest BCUT2D eigenvalue weighted by molar-refractivity contribution is 0.0703. The van der Waals surface area contributed by atoms with Gasteiger partial charge in [0.1, 0.15) is 11.5 Å². The number of halogens is 1. The first-order chi connectivity index (χ1) is 9.69. The molecule has 0 saturated carbocycles. The van der Waals surface area contributed by atoms with Crippen LogP contribution >= 0.6 is 12.4 Å². The molecule has 0 aromatic heterocycles. The molecule has 1 N–H and O–H groups in total. The topological polar surface area (TPSA) is 50.8 Å². The largest absolute Gasteiger partial charge is 0.497 e. The molecule has 1 aromatic carbocycles. The molecule has 1 amide bonds. The molecule has 0 atom stereocenters. The zero-order chi connectivity index (χ0) is 14.5. The van der Waals surface area contributed by atoms with E-state index in [1.54, 1.807) is 32.4 Å². The third-order valence-electron chi connectivity index (χ3n) is 3.83. The monoisotopic (exact) mass is 314 g/mol. The third-order valence-corrected chi connectivity index (χ3v) is 3.83. The van der Waals surface area contributed by atoms with E-state index in [9.17, 15) is 4.79 Å². The van der Waals surface area contributed by atoms with Gasteiger partial charge in [0.25, 0.3) is 5.91 Å². The molecule has 1 heterocycles. The van der Waals surface area contributed by atoms with Gasteiger partial charge in [0.2, 0.25) is 0 Å². The molecular weight excluding hydrogens is 292 g/mol. The van der Waals surface area contributed by atoms with Gasteiger partial charge in [-0.15, -0.1) is 12.4 Å². The second-order valence-corrected chi connectivity index (χ2v) is 4.92. The van der Waals surface area contributed by atoms with Crippen molar-refractivity contribution >= 4 is 18.3 Å². The maximum Gasteiger partial charge on any atom is 0.257 e. The highest BCUT2D eigenvalue weighted by molar-refractivity contribution is 5.97. The van der Waals surface area contributed by atoms with E-state index in [0.29, 0.717) is 23.1 Å². The molecular formula is C15H23ClN2O3. The Morgan fingerprint density at radius 1 is 1.24 bits per heavy atom. The molecule has 0 radical (unpaired) electrons. The van der Waals surface area contributed by atoms with E-state index < -0.39 is 0 Å². The van der Waals surface area contributed by atoms with Crippen molar-refractivity contribution in [1.82, 2.24) is 10.2 Å². The summed E-state index contributed by atoms with van der Waals surface area (Å²) in [6.07, 6.45) is 1.96. The first-order valence-corrected chi connectivity index (χ1v) is 6.88. The fourth-order valence-corrected chi connectivity index (χ4v) is 2.52. The summed E-state index contributed by atoms with van der Waals surface area (Å²) in [4.78, 5) is 14.5. The van der Waals surface area contributed by atoms with Gasteiger partial charge in [0, 0.05) is 19.1 Å². The van der Waals surface area contributed by atoms with Gasteiger partial charge in [-0.25, -0.2) is 0 Å². The zero-order valence-corrected chi connectivity index (χ0v) is 13.5. The lowest BCUT2D eigenvalue weighted by Crippen LogP contribution is -2.44. The number of carbonyl (C=O) groups excluding carboxylic acids is 1. The maximum absolute atomic E-state index is 12.6. The number of ether oxygens (including phenoxy) is 2. The number of nitrogens with one attached hydrogen (secondary N) is 1. The van der Waals surface area contributed by atoms with E-state index in [1.807, 2.05) is 11.9 Å². The zero-order valence-electron chi connectivity index (χ0n) is 12.7. The smallest absolute Gasteiger partial charge is 0.257 e. The van der Waals surface area contributed by atoms with Crippen LogP contribution in [0.1, 0.15) is 23.2 Å². The number of benzene rings is 1. The van der Waals surface area contributed by atoms with Gasteiger partial charge < -0.3 is 19.7 Å². The fourth-order valence-electron chi connectivity index (χ4n) is 2.52. The van der Waals surface area contributed by atoms with Crippen LogP contribution in [-0.2, 0) is 0 Å². The van der Waals surface area contributed by atoms with Crippen LogP contribution in [0.2, 0.25) is 0 Å². The Kier molecular flexibility index (Phi) is 6.78. The van der Waals surface area contributed by atoms with Crippen LogP contribution in [0.15, 0.2) is 18.2 Å². The van der Waals surface area contributed by atoms with E-state index in [-0.39, 0.29) is 18.3 Å². The summed E-state index contributed by atoms with van der Waals surface area (Å²) >= 11 is 0. The number of piperidine rings is 1. The molecule has 0 spiro atoms. The molecule has 118 valence electrons. The fraction of sp³-hybridized carbons (Fsp3) is 0.533. The van der Waals surface area contributed by atoms with Crippen LogP contribution in [0, 0.1) is 0 Å². The molecule has 6 heteroatoms. The quantitative estimate of drug-likeness (QED) is 0.923. The summed E-state index contributed by atoms with van der Waals surface area (Å²) in [6.45, 7) is 1.54. The SMILES string of the molecule is CNC1CCN(C(=O)c2cc(OC)ccc2OC)CC1.Cl. The van der Waals surface area contributed by atoms with Crippen LogP contribution < -0.4 is 14.8 Å². The van der Waals surface area contributed by atoms with Crippen molar-refractivity contribution in [3.63, 3.8) is 0 Å². The Hall–Kier alpha value is -1.46. The number of hydrogen-bond acceptors (Lipinski definition) is 4. The number of amides is 1. The summed E-state index contributed by atoms with van der Waals surface area (Å²) in [6, 6.07) is 5.81. The molecule has 1 saturated heterocycles. The second kappa shape index (κ2) is 8.10. The molecule has 5 nitrogen and oxygen atoms in total. The lowest BCUT2D eigenvalue weighted by Gasteiger charge is -2.32. The number of rotatable bonds is 4. The number of likely N-dealkylation sites (tertiary alicyclic amines) is 1. The molecule has 0 unspecified atom stereocenters. The van der Waals surface area contributed by atoms with Crippen LogP contribution in [0.3, 0.4) is 0 Å². The van der Waals surface area contributed by atoms with Gasteiger partial charge in [-0.2, -0.15) is 0 Å². The molecule has 1 aliphatic rings. The van der Waals surface area contributed by atoms with E-state index in [1.165, 1.54) is 0 Å². The van der Waals surface area contributed by atoms with Crippen molar-refractivity contribution in [1.29, 1.82) is 0 Å². The van der Waals surface area contributed by atoms with E-state index in [4.69, 9.17) is 9.47 Å². The Morgan fingerprint density at radius 2 is 1.90 bits per heavy atom. The number of hydrogen-bond donors (Lipinski definition) is 1. The van der Waals surface area contributed by atoms with Crippen molar-refractivity contribution in [3.8, 4) is 11.5 Å². The third kappa shape index (κ3) is 4.02. The van der Waals surface area contributed by atoms with Gasteiger partial charge in [-0.1, -0.05) is 0 Å². The van der Waals surface area contributed by atoms with Crippen molar-refractivity contribution in [2.75, 3.05) is 34.4 Å². The molecule has 0 bridgehead atoms. The first kappa shape index (κ1) is 17.6. The first-order valence-electron chi connectivity index (χ1n) is 6.88. The minimum absolute atomic E-state index is 0. The summed E-state index contributed by atoms with van der Waals surface area (Å²) in [5.74, 6) is 1.26. The van der Waals surface area contributed by atoms with Crippen molar-refractivity contribution < 1.29 is 14.3 Å². The highest BCUT2D eigenvalue weighted by atomic mass is 35.5. The highest BCUT2D eigenvalue weighted by Crippen LogP contribution is 2.26. The maximum atomic E-state index is 12.6. The van der Waals surface area contributed by atoms with E-state index >= 15 is 0 Å². The number of carbonyl (C=O) groups is 1. The van der Waals surface area contributed by atoms with Crippen LogP contribution in [0.5, 0.6) is 11.5 Å². The van der Waals surface area contributed by atoms with E-state index in [2.05, 4.69) is 5.32 Å². The number of nitrogens with zero attached hydrogens (tertiary/aromatic N) is 1. The van der Waals surface area contributed by atoms with Crippen LogP contribution in [-0.4, -0.2) is 51.2 Å². The Labute approximate surface area is 132 Å². The van der Waals surface area contributed by atoms with Gasteiger partial charge in [0.15, 0.2) is 0 Å². The normalized spacial score (nSPS) is 15.3. The number of methoxy groups -OCH3 is 2. The summed E-state index contributed by atoms with van der Waals surface area (Å²) in [5.41, 5.74) is 0.565. The molecule has 2 rings (SSSR count). The van der Waals surface area contributed by atoms with Crippen molar-refractivity contribution in [3.05, 3.63) is 23.8 Å². The van der Waals surface area contributed by atoms with E-state index in [0.717, 1.165) is 25.9 Å². The minimum atomic E-state index is 0. The average molecular weight is 315 g/mol. The van der Waals surface area contributed by atoms with Gasteiger partial charge in [-0.05, 0) is 38.1 Å². The second-order valence-electron chi connectivity index (χ2n) is 4.92. The Balaban J connectivity index is 0.00000220. The van der Waals surface area contributed by atoms with Gasteiger partial charge in [-0.3, -0.25) is 4.79 Å². The molecule has 0 aliphatic carbocycles. The Bertz CT molecular complexity index is 474. The molecule has 21 heavy (non-hydrogen) atoms.